The number of amides is 1. The van der Waals surface area contributed by atoms with Gasteiger partial charge in [0.2, 0.25) is 0 Å². The first-order valence-electron chi connectivity index (χ1n) is 7.23. The third-order valence-corrected chi connectivity index (χ3v) is 3.20. The van der Waals surface area contributed by atoms with Gasteiger partial charge in [-0.3, -0.25) is 4.79 Å². The SMILES string of the molecule is CCCNc1cc(C)ccc1C(=O)N(C)CCC(C)O. The summed E-state index contributed by atoms with van der Waals surface area (Å²) in [6.07, 6.45) is 1.21. The molecule has 4 heteroatoms. The Kier molecular flexibility index (Phi) is 6.52. The number of anilines is 1. The van der Waals surface area contributed by atoms with E-state index in [1.165, 1.54) is 0 Å². The maximum Gasteiger partial charge on any atom is 0.255 e. The fourth-order valence-electron chi connectivity index (χ4n) is 1.94. The predicted molar refractivity (Wildman–Crippen MR) is 83.2 cm³/mol. The van der Waals surface area contributed by atoms with Crippen molar-refractivity contribution in [2.75, 3.05) is 25.5 Å². The standard InChI is InChI=1S/C16H26N2O2/c1-5-9-17-15-11-12(2)6-7-14(15)16(20)18(4)10-8-13(3)19/h6-7,11,13,17,19H,5,8-10H2,1-4H3. The molecular weight excluding hydrogens is 252 g/mol. The van der Waals surface area contributed by atoms with Crippen LogP contribution in [0.2, 0.25) is 0 Å². The Balaban J connectivity index is 2.85. The number of carbonyl (C=O) groups is 1. The molecule has 1 unspecified atom stereocenters. The predicted octanol–water partition coefficient (Wildman–Crippen LogP) is 2.66. The molecule has 0 fully saturated rings. The van der Waals surface area contributed by atoms with Gasteiger partial charge in [0.1, 0.15) is 0 Å². The molecule has 1 aromatic carbocycles. The van der Waals surface area contributed by atoms with Gasteiger partial charge >= 0.3 is 0 Å². The van der Waals surface area contributed by atoms with Gasteiger partial charge in [-0.2, -0.15) is 0 Å². The number of carbonyl (C=O) groups excluding carboxylic acids is 1. The van der Waals surface area contributed by atoms with Crippen LogP contribution in [0.15, 0.2) is 18.2 Å². The number of nitrogens with one attached hydrogen (secondary N) is 1. The number of aliphatic hydroxyl groups excluding tert-OH is 1. The zero-order valence-electron chi connectivity index (χ0n) is 12.9. The summed E-state index contributed by atoms with van der Waals surface area (Å²) < 4.78 is 0. The highest BCUT2D eigenvalue weighted by Crippen LogP contribution is 2.19. The van der Waals surface area contributed by atoms with E-state index >= 15 is 0 Å². The first-order valence-corrected chi connectivity index (χ1v) is 7.23. The molecule has 0 aliphatic carbocycles. The number of nitrogens with zero attached hydrogens (tertiary/aromatic N) is 1. The molecular formula is C16H26N2O2. The Bertz CT molecular complexity index is 444. The first-order chi connectivity index (χ1) is 9.45. The summed E-state index contributed by atoms with van der Waals surface area (Å²) in [4.78, 5) is 14.1. The second-order valence-corrected chi connectivity index (χ2v) is 5.34. The molecule has 112 valence electrons. The lowest BCUT2D eigenvalue weighted by Gasteiger charge is -2.20. The number of rotatable bonds is 7. The van der Waals surface area contributed by atoms with Crippen molar-refractivity contribution < 1.29 is 9.90 Å². The summed E-state index contributed by atoms with van der Waals surface area (Å²) in [7, 11) is 1.77. The van der Waals surface area contributed by atoms with E-state index in [2.05, 4.69) is 12.2 Å². The van der Waals surface area contributed by atoms with Gasteiger partial charge in [0.05, 0.1) is 11.7 Å². The lowest BCUT2D eigenvalue weighted by molar-refractivity contribution is 0.0770. The summed E-state index contributed by atoms with van der Waals surface area (Å²) in [6, 6.07) is 5.83. The average Bonchev–Trinajstić information content (AvgIpc) is 2.41. The fourth-order valence-corrected chi connectivity index (χ4v) is 1.94. The number of benzene rings is 1. The number of aryl methyl sites for hydroxylation is 1. The van der Waals surface area contributed by atoms with Gasteiger partial charge in [-0.05, 0) is 44.4 Å². The Morgan fingerprint density at radius 2 is 2.15 bits per heavy atom. The minimum absolute atomic E-state index is 0.00995. The van der Waals surface area contributed by atoms with Crippen LogP contribution in [0.1, 0.15) is 42.6 Å². The van der Waals surface area contributed by atoms with Crippen LogP contribution >= 0.6 is 0 Å². The molecule has 0 saturated heterocycles. The van der Waals surface area contributed by atoms with Crippen molar-refractivity contribution in [3.63, 3.8) is 0 Å². The molecule has 0 saturated carbocycles. The van der Waals surface area contributed by atoms with E-state index < -0.39 is 0 Å². The van der Waals surface area contributed by atoms with Gasteiger partial charge in [-0.1, -0.05) is 13.0 Å². The first kappa shape index (κ1) is 16.5. The van der Waals surface area contributed by atoms with Gasteiger partial charge in [0.15, 0.2) is 0 Å². The third kappa shape index (κ3) is 4.85. The maximum absolute atomic E-state index is 12.5. The van der Waals surface area contributed by atoms with E-state index in [0.29, 0.717) is 18.5 Å². The second-order valence-electron chi connectivity index (χ2n) is 5.34. The summed E-state index contributed by atoms with van der Waals surface area (Å²) in [5.74, 6) is -0.00995. The highest BCUT2D eigenvalue weighted by Gasteiger charge is 2.16. The summed E-state index contributed by atoms with van der Waals surface area (Å²) in [5, 5.41) is 12.6. The molecule has 1 amide bonds. The van der Waals surface area contributed by atoms with Gasteiger partial charge in [-0.25, -0.2) is 0 Å². The van der Waals surface area contributed by atoms with Crippen molar-refractivity contribution in [3.05, 3.63) is 29.3 Å². The Labute approximate surface area is 121 Å². The third-order valence-electron chi connectivity index (χ3n) is 3.20. The molecule has 20 heavy (non-hydrogen) atoms. The smallest absolute Gasteiger partial charge is 0.255 e. The molecule has 1 rings (SSSR count). The normalized spacial score (nSPS) is 12.1. The zero-order chi connectivity index (χ0) is 15.1. The summed E-state index contributed by atoms with van der Waals surface area (Å²) in [6.45, 7) is 7.25. The lowest BCUT2D eigenvalue weighted by Crippen LogP contribution is -2.30. The monoisotopic (exact) mass is 278 g/mol. The van der Waals surface area contributed by atoms with Crippen molar-refractivity contribution >= 4 is 11.6 Å². The summed E-state index contributed by atoms with van der Waals surface area (Å²) in [5.41, 5.74) is 2.71. The van der Waals surface area contributed by atoms with E-state index in [-0.39, 0.29) is 12.0 Å². The van der Waals surface area contributed by atoms with Gasteiger partial charge < -0.3 is 15.3 Å². The van der Waals surface area contributed by atoms with Gasteiger partial charge in [0, 0.05) is 25.8 Å². The molecule has 0 heterocycles. The van der Waals surface area contributed by atoms with Crippen LogP contribution < -0.4 is 5.32 Å². The molecule has 0 bridgehead atoms. The van der Waals surface area contributed by atoms with Crippen molar-refractivity contribution in [2.24, 2.45) is 0 Å². The van der Waals surface area contributed by atoms with E-state index in [9.17, 15) is 9.90 Å². The average molecular weight is 278 g/mol. The maximum atomic E-state index is 12.5. The molecule has 1 aromatic rings. The topological polar surface area (TPSA) is 52.6 Å². The fraction of sp³-hybridized carbons (Fsp3) is 0.562. The van der Waals surface area contributed by atoms with Crippen LogP contribution in [0, 0.1) is 6.92 Å². The minimum atomic E-state index is -0.388. The zero-order valence-corrected chi connectivity index (χ0v) is 12.9. The van der Waals surface area contributed by atoms with Crippen LogP contribution in [-0.2, 0) is 0 Å². The molecule has 0 aromatic heterocycles. The van der Waals surface area contributed by atoms with E-state index in [0.717, 1.165) is 24.2 Å². The molecule has 0 spiro atoms. The second kappa shape index (κ2) is 7.90. The Hall–Kier alpha value is -1.55. The number of hydrogen-bond acceptors (Lipinski definition) is 3. The van der Waals surface area contributed by atoms with Crippen LogP contribution in [0.4, 0.5) is 5.69 Å². The van der Waals surface area contributed by atoms with E-state index in [1.807, 2.05) is 25.1 Å². The van der Waals surface area contributed by atoms with Crippen LogP contribution in [0.25, 0.3) is 0 Å². The quantitative estimate of drug-likeness (QED) is 0.806. The van der Waals surface area contributed by atoms with Gasteiger partial charge in [-0.15, -0.1) is 0 Å². The van der Waals surface area contributed by atoms with Crippen LogP contribution in [0.5, 0.6) is 0 Å². The molecule has 2 N–H and O–H groups in total. The van der Waals surface area contributed by atoms with Crippen molar-refractivity contribution in [1.82, 2.24) is 4.90 Å². The highest BCUT2D eigenvalue weighted by molar-refractivity contribution is 5.99. The Morgan fingerprint density at radius 1 is 1.45 bits per heavy atom. The van der Waals surface area contributed by atoms with Crippen LogP contribution in [-0.4, -0.2) is 42.2 Å². The largest absolute Gasteiger partial charge is 0.393 e. The molecule has 0 radical (unpaired) electrons. The van der Waals surface area contributed by atoms with Crippen LogP contribution in [0.3, 0.4) is 0 Å². The van der Waals surface area contributed by atoms with Gasteiger partial charge in [0.25, 0.3) is 5.91 Å². The van der Waals surface area contributed by atoms with E-state index in [4.69, 9.17) is 0 Å². The number of aliphatic hydroxyl groups is 1. The minimum Gasteiger partial charge on any atom is -0.393 e. The van der Waals surface area contributed by atoms with E-state index in [1.54, 1.807) is 18.9 Å². The molecule has 1 atom stereocenters. The Morgan fingerprint density at radius 3 is 2.75 bits per heavy atom. The van der Waals surface area contributed by atoms with Crippen molar-refractivity contribution in [3.8, 4) is 0 Å². The number of hydrogen-bond donors (Lipinski definition) is 2. The molecule has 0 aliphatic rings. The van der Waals surface area contributed by atoms with Crippen molar-refractivity contribution in [1.29, 1.82) is 0 Å². The molecule has 0 aliphatic heterocycles. The lowest BCUT2D eigenvalue weighted by atomic mass is 10.1. The summed E-state index contributed by atoms with van der Waals surface area (Å²) >= 11 is 0. The highest BCUT2D eigenvalue weighted by atomic mass is 16.3. The molecule has 4 nitrogen and oxygen atoms in total. The van der Waals surface area contributed by atoms with Crippen molar-refractivity contribution in [2.45, 2.75) is 39.7 Å².